The van der Waals surface area contributed by atoms with Crippen molar-refractivity contribution in [3.8, 4) is 5.75 Å². The van der Waals surface area contributed by atoms with Crippen molar-refractivity contribution in [1.29, 1.82) is 0 Å². The summed E-state index contributed by atoms with van der Waals surface area (Å²) in [5, 5.41) is 14.3. The Morgan fingerprint density at radius 1 is 0.688 bits per heavy atom. The van der Waals surface area contributed by atoms with Crippen LogP contribution >= 0.6 is 15.9 Å². The Hall–Kier alpha value is -1.54. The molecule has 3 rings (SSSR count). The highest BCUT2D eigenvalue weighted by molar-refractivity contribution is 9.10. The molecule has 2 heteroatoms. The molecule has 0 aliphatic rings. The first kappa shape index (κ1) is 9.67. The van der Waals surface area contributed by atoms with Crippen molar-refractivity contribution in [2.24, 2.45) is 0 Å². The molecule has 0 atom stereocenters. The van der Waals surface area contributed by atoms with Crippen LogP contribution in [0.5, 0.6) is 5.75 Å². The van der Waals surface area contributed by atoms with Crippen LogP contribution in [-0.4, -0.2) is 5.11 Å². The molecule has 0 unspecified atom stereocenters. The monoisotopic (exact) mass is 272 g/mol. The average Bonchev–Trinajstić information content (AvgIpc) is 2.36. The van der Waals surface area contributed by atoms with Gasteiger partial charge in [0.05, 0.1) is 4.47 Å². The SMILES string of the molecule is Oc1c(Br)c2ccccc2c2ccccc12. The number of aromatic hydroxyl groups is 1. The highest BCUT2D eigenvalue weighted by atomic mass is 79.9. The van der Waals surface area contributed by atoms with Gasteiger partial charge in [0.2, 0.25) is 0 Å². The van der Waals surface area contributed by atoms with Gasteiger partial charge >= 0.3 is 0 Å². The Labute approximate surface area is 101 Å². The molecule has 0 amide bonds. The van der Waals surface area contributed by atoms with E-state index in [0.29, 0.717) is 5.75 Å². The van der Waals surface area contributed by atoms with E-state index in [2.05, 4.69) is 22.0 Å². The molecular weight excluding hydrogens is 264 g/mol. The summed E-state index contributed by atoms with van der Waals surface area (Å²) in [5.74, 6) is 0.314. The van der Waals surface area contributed by atoms with Crippen LogP contribution in [0.1, 0.15) is 0 Å². The van der Waals surface area contributed by atoms with E-state index in [-0.39, 0.29) is 0 Å². The normalized spacial score (nSPS) is 11.1. The number of hydrogen-bond acceptors (Lipinski definition) is 1. The summed E-state index contributed by atoms with van der Waals surface area (Å²) < 4.78 is 0.766. The molecule has 0 radical (unpaired) electrons. The van der Waals surface area contributed by atoms with Gasteiger partial charge in [-0.1, -0.05) is 48.5 Å². The lowest BCUT2D eigenvalue weighted by molar-refractivity contribution is 0.479. The average molecular weight is 273 g/mol. The molecule has 3 aromatic rings. The van der Waals surface area contributed by atoms with Crippen LogP contribution in [-0.2, 0) is 0 Å². The fraction of sp³-hybridized carbons (Fsp3) is 0. The van der Waals surface area contributed by atoms with E-state index in [4.69, 9.17) is 0 Å². The van der Waals surface area contributed by atoms with Gasteiger partial charge in [-0.05, 0) is 26.7 Å². The highest BCUT2D eigenvalue weighted by Gasteiger charge is 2.10. The van der Waals surface area contributed by atoms with E-state index in [1.807, 2.05) is 42.5 Å². The number of phenolic OH excluding ortho intramolecular Hbond substituents is 1. The van der Waals surface area contributed by atoms with Gasteiger partial charge in [0.15, 0.2) is 0 Å². The van der Waals surface area contributed by atoms with E-state index in [1.54, 1.807) is 0 Å². The smallest absolute Gasteiger partial charge is 0.138 e. The van der Waals surface area contributed by atoms with Crippen molar-refractivity contribution < 1.29 is 5.11 Å². The highest BCUT2D eigenvalue weighted by Crippen LogP contribution is 2.40. The van der Waals surface area contributed by atoms with Crippen molar-refractivity contribution in [2.75, 3.05) is 0 Å². The van der Waals surface area contributed by atoms with Gasteiger partial charge in [0.1, 0.15) is 5.75 Å². The van der Waals surface area contributed by atoms with Crippen LogP contribution in [0.2, 0.25) is 0 Å². The zero-order chi connectivity index (χ0) is 11.1. The molecule has 0 aromatic heterocycles. The molecular formula is C14H9BrO. The Morgan fingerprint density at radius 3 is 1.75 bits per heavy atom. The van der Waals surface area contributed by atoms with E-state index >= 15 is 0 Å². The molecule has 1 N–H and O–H groups in total. The summed E-state index contributed by atoms with van der Waals surface area (Å²) in [5.41, 5.74) is 0. The first-order chi connectivity index (χ1) is 7.79. The van der Waals surface area contributed by atoms with Crippen LogP contribution in [0, 0.1) is 0 Å². The Bertz CT molecular complexity index is 628. The third-order valence-electron chi connectivity index (χ3n) is 2.84. The molecule has 0 spiro atoms. The minimum atomic E-state index is 0.314. The van der Waals surface area contributed by atoms with Crippen LogP contribution in [0.15, 0.2) is 53.0 Å². The maximum absolute atomic E-state index is 10.1. The van der Waals surface area contributed by atoms with Crippen molar-refractivity contribution in [2.45, 2.75) is 0 Å². The third-order valence-corrected chi connectivity index (χ3v) is 3.65. The summed E-state index contributed by atoms with van der Waals surface area (Å²) >= 11 is 3.45. The second-order valence-corrected chi connectivity index (χ2v) is 4.55. The zero-order valence-electron chi connectivity index (χ0n) is 8.44. The number of rotatable bonds is 0. The largest absolute Gasteiger partial charge is 0.506 e. The molecule has 0 aliphatic carbocycles. The Balaban J connectivity index is 2.69. The molecule has 0 saturated carbocycles. The van der Waals surface area contributed by atoms with E-state index < -0.39 is 0 Å². The van der Waals surface area contributed by atoms with Gasteiger partial charge in [-0.3, -0.25) is 0 Å². The minimum Gasteiger partial charge on any atom is -0.506 e. The molecule has 0 fully saturated rings. The van der Waals surface area contributed by atoms with Gasteiger partial charge in [-0.15, -0.1) is 0 Å². The fourth-order valence-electron chi connectivity index (χ4n) is 2.08. The number of halogens is 1. The second kappa shape index (κ2) is 3.49. The van der Waals surface area contributed by atoms with Crippen LogP contribution in [0.3, 0.4) is 0 Å². The van der Waals surface area contributed by atoms with Crippen molar-refractivity contribution in [3.63, 3.8) is 0 Å². The number of fused-ring (bicyclic) bond motifs is 3. The molecule has 3 aromatic carbocycles. The molecule has 0 aliphatic heterocycles. The minimum absolute atomic E-state index is 0.314. The summed E-state index contributed by atoms with van der Waals surface area (Å²) in [6.45, 7) is 0. The van der Waals surface area contributed by atoms with Gasteiger partial charge in [0.25, 0.3) is 0 Å². The third kappa shape index (κ3) is 1.23. The van der Waals surface area contributed by atoms with E-state index in [0.717, 1.165) is 26.0 Å². The predicted octanol–water partition coefficient (Wildman–Crippen LogP) is 4.46. The van der Waals surface area contributed by atoms with Crippen molar-refractivity contribution in [3.05, 3.63) is 53.0 Å². The van der Waals surface area contributed by atoms with Gasteiger partial charge in [-0.2, -0.15) is 0 Å². The summed E-state index contributed by atoms with van der Waals surface area (Å²) in [4.78, 5) is 0. The van der Waals surface area contributed by atoms with E-state index in [1.165, 1.54) is 0 Å². The summed E-state index contributed by atoms with van der Waals surface area (Å²) in [6, 6.07) is 15.9. The zero-order valence-corrected chi connectivity index (χ0v) is 10.0. The van der Waals surface area contributed by atoms with Gasteiger partial charge < -0.3 is 5.11 Å². The van der Waals surface area contributed by atoms with Crippen LogP contribution in [0.4, 0.5) is 0 Å². The topological polar surface area (TPSA) is 20.2 Å². The standard InChI is InChI=1S/C14H9BrO/c15-13-11-7-3-1-5-9(11)10-6-2-4-8-12(10)14(13)16/h1-8,16H. The van der Waals surface area contributed by atoms with Gasteiger partial charge in [0, 0.05) is 10.8 Å². The molecule has 0 bridgehead atoms. The second-order valence-electron chi connectivity index (χ2n) is 3.75. The fourth-order valence-corrected chi connectivity index (χ4v) is 2.64. The molecule has 0 heterocycles. The first-order valence-electron chi connectivity index (χ1n) is 5.07. The number of benzene rings is 3. The van der Waals surface area contributed by atoms with Crippen LogP contribution < -0.4 is 0 Å². The lowest BCUT2D eigenvalue weighted by Crippen LogP contribution is -1.81. The summed E-state index contributed by atoms with van der Waals surface area (Å²) in [6.07, 6.45) is 0. The maximum atomic E-state index is 10.1. The molecule has 0 saturated heterocycles. The Morgan fingerprint density at radius 2 is 1.12 bits per heavy atom. The summed E-state index contributed by atoms with van der Waals surface area (Å²) in [7, 11) is 0. The van der Waals surface area contributed by atoms with Crippen molar-refractivity contribution >= 4 is 37.5 Å². The quantitative estimate of drug-likeness (QED) is 0.599. The molecule has 16 heavy (non-hydrogen) atoms. The van der Waals surface area contributed by atoms with E-state index in [9.17, 15) is 5.11 Å². The maximum Gasteiger partial charge on any atom is 0.138 e. The first-order valence-corrected chi connectivity index (χ1v) is 5.86. The van der Waals surface area contributed by atoms with Crippen molar-refractivity contribution in [1.82, 2.24) is 0 Å². The lowest BCUT2D eigenvalue weighted by Gasteiger charge is -2.08. The number of hydrogen-bond donors (Lipinski definition) is 1. The lowest BCUT2D eigenvalue weighted by atomic mass is 10.0. The van der Waals surface area contributed by atoms with Gasteiger partial charge in [-0.25, -0.2) is 0 Å². The number of phenols is 1. The Kier molecular flexibility index (Phi) is 2.11. The molecule has 78 valence electrons. The van der Waals surface area contributed by atoms with Crippen LogP contribution in [0.25, 0.3) is 21.5 Å². The molecule has 1 nitrogen and oxygen atoms in total. The predicted molar refractivity (Wildman–Crippen MR) is 70.8 cm³/mol.